The Labute approximate surface area is 188 Å². The summed E-state index contributed by atoms with van der Waals surface area (Å²) in [7, 11) is -2.04. The van der Waals surface area contributed by atoms with E-state index in [0.29, 0.717) is 23.7 Å². The van der Waals surface area contributed by atoms with E-state index in [1.165, 1.54) is 24.5 Å². The summed E-state index contributed by atoms with van der Waals surface area (Å²) in [5.41, 5.74) is 1.12. The molecule has 0 aliphatic heterocycles. The zero-order valence-electron chi connectivity index (χ0n) is 18.2. The van der Waals surface area contributed by atoms with Crippen molar-refractivity contribution in [3.63, 3.8) is 0 Å². The first-order chi connectivity index (χ1) is 15.4. The molecule has 170 valence electrons. The lowest BCUT2D eigenvalue weighted by Gasteiger charge is -2.12. The van der Waals surface area contributed by atoms with Gasteiger partial charge in [-0.1, -0.05) is 37.6 Å². The first kappa shape index (κ1) is 23.4. The second kappa shape index (κ2) is 10.9. The Hall–Kier alpha value is -3.26. The molecule has 8 heteroatoms. The second-order valence-corrected chi connectivity index (χ2v) is 9.21. The summed E-state index contributed by atoms with van der Waals surface area (Å²) >= 11 is 0. The van der Waals surface area contributed by atoms with Crippen LogP contribution in [0.15, 0.2) is 70.2 Å². The molecule has 32 heavy (non-hydrogen) atoms. The normalized spacial score (nSPS) is 11.2. The summed E-state index contributed by atoms with van der Waals surface area (Å²) in [6, 6.07) is 15.1. The van der Waals surface area contributed by atoms with Gasteiger partial charge >= 0.3 is 0 Å². The Morgan fingerprint density at radius 3 is 2.56 bits per heavy atom. The van der Waals surface area contributed by atoms with E-state index in [1.54, 1.807) is 37.4 Å². The summed E-state index contributed by atoms with van der Waals surface area (Å²) in [6.45, 7) is 2.92. The fourth-order valence-electron chi connectivity index (χ4n) is 3.09. The largest absolute Gasteiger partial charge is 0.493 e. The number of rotatable bonds is 11. The van der Waals surface area contributed by atoms with E-state index in [2.05, 4.69) is 12.2 Å². The molecule has 3 aromatic rings. The third-order valence-corrected chi connectivity index (χ3v) is 6.52. The van der Waals surface area contributed by atoms with Gasteiger partial charge in [0.2, 0.25) is 0 Å². The minimum absolute atomic E-state index is 0.0176. The van der Waals surface area contributed by atoms with Gasteiger partial charge in [-0.3, -0.25) is 4.79 Å². The monoisotopic (exact) mass is 457 g/mol. The van der Waals surface area contributed by atoms with E-state index in [1.807, 2.05) is 6.07 Å². The molecule has 0 saturated carbocycles. The molecule has 0 atom stereocenters. The van der Waals surface area contributed by atoms with Gasteiger partial charge in [-0.05, 0) is 42.3 Å². The molecule has 0 unspecified atom stereocenters. The number of amides is 1. The van der Waals surface area contributed by atoms with Gasteiger partial charge < -0.3 is 19.2 Å². The van der Waals surface area contributed by atoms with Gasteiger partial charge in [0.15, 0.2) is 27.1 Å². The van der Waals surface area contributed by atoms with Crippen LogP contribution in [0.4, 0.5) is 0 Å². The van der Waals surface area contributed by atoms with Gasteiger partial charge in [-0.2, -0.15) is 0 Å². The maximum Gasteiger partial charge on any atom is 0.287 e. The molecule has 1 N–H and O–H groups in total. The Kier molecular flexibility index (Phi) is 7.94. The number of carbonyl (C=O) groups excluding carboxylic acids is 1. The summed E-state index contributed by atoms with van der Waals surface area (Å²) < 4.78 is 41.7. The fraction of sp³-hybridized carbons (Fsp3) is 0.292. The predicted octanol–water partition coefficient (Wildman–Crippen LogP) is 4.37. The SMILES string of the molecule is CCCCOc1ccc(CNC(=O)c2occc2CS(=O)(=O)c2ccccc2)cc1OC. The quantitative estimate of drug-likeness (QED) is 0.430. The average Bonchev–Trinajstić information content (AvgIpc) is 3.26. The zero-order chi connectivity index (χ0) is 23.0. The number of sulfone groups is 1. The second-order valence-electron chi connectivity index (χ2n) is 7.22. The number of ether oxygens (including phenoxy) is 2. The molecule has 0 fully saturated rings. The molecule has 0 radical (unpaired) electrons. The van der Waals surface area contributed by atoms with Crippen LogP contribution in [0.25, 0.3) is 0 Å². The van der Waals surface area contributed by atoms with Gasteiger partial charge in [0.25, 0.3) is 5.91 Å². The Bertz CT molecular complexity index is 1140. The molecule has 0 aliphatic rings. The lowest BCUT2D eigenvalue weighted by molar-refractivity contribution is 0.0922. The van der Waals surface area contributed by atoms with Crippen LogP contribution in [0.3, 0.4) is 0 Å². The van der Waals surface area contributed by atoms with Crippen molar-refractivity contribution < 1.29 is 27.1 Å². The van der Waals surface area contributed by atoms with Gasteiger partial charge in [0.1, 0.15) is 0 Å². The van der Waals surface area contributed by atoms with Crippen molar-refractivity contribution in [1.82, 2.24) is 5.32 Å². The topological polar surface area (TPSA) is 94.8 Å². The van der Waals surface area contributed by atoms with Crippen LogP contribution in [0.5, 0.6) is 11.5 Å². The number of nitrogens with one attached hydrogen (secondary N) is 1. The van der Waals surface area contributed by atoms with Gasteiger partial charge in [0.05, 0.1) is 30.6 Å². The summed E-state index contributed by atoms with van der Waals surface area (Å²) in [6.07, 6.45) is 3.30. The molecule has 1 aromatic heterocycles. The Morgan fingerprint density at radius 1 is 1.06 bits per heavy atom. The highest BCUT2D eigenvalue weighted by atomic mass is 32.2. The van der Waals surface area contributed by atoms with Crippen molar-refractivity contribution in [3.8, 4) is 11.5 Å². The lowest BCUT2D eigenvalue weighted by Crippen LogP contribution is -2.23. The molecule has 7 nitrogen and oxygen atoms in total. The van der Waals surface area contributed by atoms with Crippen molar-refractivity contribution in [2.24, 2.45) is 0 Å². The molecule has 3 rings (SSSR count). The predicted molar refractivity (Wildman–Crippen MR) is 121 cm³/mol. The molecule has 1 heterocycles. The number of carbonyl (C=O) groups is 1. The van der Waals surface area contributed by atoms with Crippen molar-refractivity contribution in [1.29, 1.82) is 0 Å². The average molecular weight is 458 g/mol. The highest BCUT2D eigenvalue weighted by molar-refractivity contribution is 7.90. The summed E-state index contributed by atoms with van der Waals surface area (Å²) in [5, 5.41) is 2.77. The minimum Gasteiger partial charge on any atom is -0.493 e. The number of unbranched alkanes of at least 4 members (excludes halogenated alkanes) is 1. The van der Waals surface area contributed by atoms with Crippen LogP contribution in [0.2, 0.25) is 0 Å². The van der Waals surface area contributed by atoms with Gasteiger partial charge in [-0.15, -0.1) is 0 Å². The number of hydrogen-bond acceptors (Lipinski definition) is 6. The molecule has 0 saturated heterocycles. The fourth-order valence-corrected chi connectivity index (χ4v) is 4.47. The van der Waals surface area contributed by atoms with Crippen LogP contribution in [-0.2, 0) is 22.1 Å². The highest BCUT2D eigenvalue weighted by Gasteiger charge is 2.22. The van der Waals surface area contributed by atoms with E-state index in [4.69, 9.17) is 13.9 Å². The zero-order valence-corrected chi connectivity index (χ0v) is 19.0. The maximum absolute atomic E-state index is 12.7. The molecule has 0 spiro atoms. The highest BCUT2D eigenvalue weighted by Crippen LogP contribution is 2.28. The number of benzene rings is 2. The van der Waals surface area contributed by atoms with E-state index in [0.717, 1.165) is 18.4 Å². The molecular formula is C24H27NO6S. The van der Waals surface area contributed by atoms with Crippen LogP contribution >= 0.6 is 0 Å². The van der Waals surface area contributed by atoms with E-state index >= 15 is 0 Å². The van der Waals surface area contributed by atoms with E-state index in [9.17, 15) is 13.2 Å². The smallest absolute Gasteiger partial charge is 0.287 e. The number of hydrogen-bond donors (Lipinski definition) is 1. The van der Waals surface area contributed by atoms with Crippen LogP contribution in [0, 0.1) is 0 Å². The Morgan fingerprint density at radius 2 is 1.84 bits per heavy atom. The number of methoxy groups -OCH3 is 1. The standard InChI is InChI=1S/C24H27NO6S/c1-3-4-13-30-21-11-10-18(15-22(21)29-2)16-25-24(26)23-19(12-14-31-23)17-32(27,28)20-8-6-5-7-9-20/h5-12,14-15H,3-4,13,16-17H2,1-2H3,(H,25,26). The number of furan rings is 1. The molecule has 2 aromatic carbocycles. The molecule has 0 bridgehead atoms. The third-order valence-electron chi connectivity index (χ3n) is 4.84. The van der Waals surface area contributed by atoms with Gasteiger partial charge in [-0.25, -0.2) is 8.42 Å². The molecular weight excluding hydrogens is 430 g/mol. The summed E-state index contributed by atoms with van der Waals surface area (Å²) in [4.78, 5) is 12.9. The molecule has 1 amide bonds. The van der Waals surface area contributed by atoms with Crippen LogP contribution in [-0.4, -0.2) is 28.0 Å². The minimum atomic E-state index is -3.60. The van der Waals surface area contributed by atoms with Crippen molar-refractivity contribution in [2.75, 3.05) is 13.7 Å². The van der Waals surface area contributed by atoms with Gasteiger partial charge in [0, 0.05) is 12.1 Å². The van der Waals surface area contributed by atoms with E-state index < -0.39 is 15.7 Å². The first-order valence-electron chi connectivity index (χ1n) is 10.4. The molecule has 0 aliphatic carbocycles. The van der Waals surface area contributed by atoms with Crippen LogP contribution in [0.1, 0.15) is 41.4 Å². The summed E-state index contributed by atoms with van der Waals surface area (Å²) in [5.74, 6) is 0.399. The van der Waals surface area contributed by atoms with Crippen molar-refractivity contribution in [2.45, 2.75) is 37.0 Å². The van der Waals surface area contributed by atoms with E-state index in [-0.39, 0.29) is 23.0 Å². The lowest BCUT2D eigenvalue weighted by atomic mass is 10.2. The third kappa shape index (κ3) is 5.91. The first-order valence-corrected chi connectivity index (χ1v) is 12.0. The maximum atomic E-state index is 12.7. The van der Waals surface area contributed by atoms with Crippen LogP contribution < -0.4 is 14.8 Å². The Balaban J connectivity index is 1.66. The van der Waals surface area contributed by atoms with Crippen molar-refractivity contribution in [3.05, 3.63) is 77.7 Å². The van der Waals surface area contributed by atoms with Crippen molar-refractivity contribution >= 4 is 15.7 Å².